The molecule has 3 atom stereocenters. The number of likely N-dealkylation sites (N-methyl/N-ethyl adjacent to an activating group) is 1. The number of benzene rings is 1. The Kier molecular flexibility index (Phi) is 9.36. The van der Waals surface area contributed by atoms with E-state index in [1.165, 1.54) is 12.1 Å². The molecule has 3 heterocycles. The van der Waals surface area contributed by atoms with Crippen LogP contribution >= 0.6 is 0 Å². The number of rotatable bonds is 5. The lowest BCUT2D eigenvalue weighted by Gasteiger charge is -2.36. The molecule has 1 N–H and O–H groups in total. The SMILES string of the molecule is CN(Cc1ccccn1)C(=O)[C@@H]1CC[C@@H]2[C@@H](CCN2C(=O)Cc2cccc(F)c2F)O1.O=C(O)C(F)(F)F. The molecule has 0 unspecified atom stereocenters. The van der Waals surface area contributed by atoms with Crippen molar-refractivity contribution in [3.8, 4) is 0 Å². The molecule has 2 amide bonds. The van der Waals surface area contributed by atoms with E-state index in [1.54, 1.807) is 23.0 Å². The van der Waals surface area contributed by atoms with E-state index in [0.717, 1.165) is 11.8 Å². The zero-order valence-electron chi connectivity index (χ0n) is 20.3. The molecule has 0 spiro atoms. The summed E-state index contributed by atoms with van der Waals surface area (Å²) >= 11 is 0. The first-order valence-electron chi connectivity index (χ1n) is 11.7. The van der Waals surface area contributed by atoms with Crippen molar-refractivity contribution in [2.24, 2.45) is 0 Å². The lowest BCUT2D eigenvalue weighted by Crippen LogP contribution is -2.49. The van der Waals surface area contributed by atoms with E-state index in [4.69, 9.17) is 14.6 Å². The summed E-state index contributed by atoms with van der Waals surface area (Å²) in [4.78, 5) is 42.0. The summed E-state index contributed by atoms with van der Waals surface area (Å²) in [5.74, 6) is -5.05. The Labute approximate surface area is 215 Å². The van der Waals surface area contributed by atoms with Crippen molar-refractivity contribution < 1.29 is 46.2 Å². The third-order valence-electron chi connectivity index (χ3n) is 6.26. The first kappa shape index (κ1) is 29.0. The van der Waals surface area contributed by atoms with E-state index in [-0.39, 0.29) is 35.9 Å². The summed E-state index contributed by atoms with van der Waals surface area (Å²) in [7, 11) is 1.73. The molecule has 0 radical (unpaired) electrons. The Morgan fingerprint density at radius 3 is 2.45 bits per heavy atom. The van der Waals surface area contributed by atoms with Crippen molar-refractivity contribution in [2.75, 3.05) is 13.6 Å². The van der Waals surface area contributed by atoms with Crippen LogP contribution in [0.2, 0.25) is 0 Å². The Bertz CT molecular complexity index is 1150. The number of amides is 2. The first-order valence-corrected chi connectivity index (χ1v) is 11.7. The number of hydrogen-bond acceptors (Lipinski definition) is 5. The van der Waals surface area contributed by atoms with E-state index in [2.05, 4.69) is 4.98 Å². The molecule has 2 aliphatic heterocycles. The number of aromatic nitrogens is 1. The Morgan fingerprint density at radius 2 is 1.82 bits per heavy atom. The number of carbonyl (C=O) groups excluding carboxylic acids is 2. The minimum Gasteiger partial charge on any atom is -0.475 e. The van der Waals surface area contributed by atoms with Gasteiger partial charge in [-0.15, -0.1) is 0 Å². The fourth-order valence-corrected chi connectivity index (χ4v) is 4.43. The second-order valence-electron chi connectivity index (χ2n) is 8.89. The fraction of sp³-hybridized carbons (Fsp3) is 0.440. The molecule has 0 saturated carbocycles. The molecule has 4 rings (SSSR count). The van der Waals surface area contributed by atoms with Crippen LogP contribution < -0.4 is 0 Å². The highest BCUT2D eigenvalue weighted by atomic mass is 19.4. The van der Waals surface area contributed by atoms with Gasteiger partial charge in [0.25, 0.3) is 5.91 Å². The second-order valence-corrected chi connectivity index (χ2v) is 8.89. The van der Waals surface area contributed by atoms with Gasteiger partial charge in [-0.3, -0.25) is 14.6 Å². The molecular formula is C25H26F5N3O5. The summed E-state index contributed by atoms with van der Waals surface area (Å²) in [6, 6.07) is 9.28. The quantitative estimate of drug-likeness (QED) is 0.581. The molecule has 0 bridgehead atoms. The van der Waals surface area contributed by atoms with Crippen LogP contribution in [-0.2, 0) is 32.1 Å². The number of nitrogens with zero attached hydrogens (tertiary/aromatic N) is 3. The zero-order valence-corrected chi connectivity index (χ0v) is 20.3. The van der Waals surface area contributed by atoms with Crippen LogP contribution in [0.15, 0.2) is 42.6 Å². The summed E-state index contributed by atoms with van der Waals surface area (Å²) in [5, 5.41) is 7.12. The molecule has 1 aromatic heterocycles. The van der Waals surface area contributed by atoms with Gasteiger partial charge in [0.2, 0.25) is 5.91 Å². The maximum atomic E-state index is 13.9. The van der Waals surface area contributed by atoms with Gasteiger partial charge in [-0.1, -0.05) is 18.2 Å². The van der Waals surface area contributed by atoms with Crippen molar-refractivity contribution in [3.05, 3.63) is 65.5 Å². The highest BCUT2D eigenvalue weighted by molar-refractivity contribution is 5.81. The van der Waals surface area contributed by atoms with Crippen molar-refractivity contribution in [3.63, 3.8) is 0 Å². The number of ether oxygens (including phenoxy) is 1. The maximum Gasteiger partial charge on any atom is 0.490 e. The predicted octanol–water partition coefficient (Wildman–Crippen LogP) is 3.34. The van der Waals surface area contributed by atoms with Crippen molar-refractivity contribution in [1.29, 1.82) is 0 Å². The van der Waals surface area contributed by atoms with Gasteiger partial charge in [0.15, 0.2) is 11.6 Å². The van der Waals surface area contributed by atoms with Gasteiger partial charge in [0.05, 0.1) is 30.8 Å². The Hall–Kier alpha value is -3.61. The molecule has 206 valence electrons. The Balaban J connectivity index is 0.000000505. The van der Waals surface area contributed by atoms with Gasteiger partial charge in [-0.2, -0.15) is 13.2 Å². The molecule has 2 aliphatic rings. The van der Waals surface area contributed by atoms with Gasteiger partial charge in [0, 0.05) is 25.4 Å². The number of alkyl halides is 3. The second kappa shape index (κ2) is 12.3. The number of pyridine rings is 1. The smallest absolute Gasteiger partial charge is 0.475 e. The number of hydrogen-bond donors (Lipinski definition) is 1. The van der Waals surface area contributed by atoms with E-state index in [9.17, 15) is 31.5 Å². The summed E-state index contributed by atoms with van der Waals surface area (Å²) in [6.45, 7) is 0.882. The number of carboxylic acid groups (broad SMARTS) is 1. The topological polar surface area (TPSA) is 100 Å². The number of likely N-dealkylation sites (tertiary alicyclic amines) is 1. The molecule has 1 aromatic carbocycles. The van der Waals surface area contributed by atoms with E-state index in [1.807, 2.05) is 18.2 Å². The number of carbonyl (C=O) groups is 3. The van der Waals surface area contributed by atoms with Crippen molar-refractivity contribution >= 4 is 17.8 Å². The van der Waals surface area contributed by atoms with Gasteiger partial charge >= 0.3 is 12.1 Å². The molecule has 0 aliphatic carbocycles. The van der Waals surface area contributed by atoms with E-state index >= 15 is 0 Å². The van der Waals surface area contributed by atoms with Crippen molar-refractivity contribution in [2.45, 2.75) is 56.7 Å². The largest absolute Gasteiger partial charge is 0.490 e. The predicted molar refractivity (Wildman–Crippen MR) is 122 cm³/mol. The van der Waals surface area contributed by atoms with Crippen LogP contribution in [0, 0.1) is 11.6 Å². The van der Waals surface area contributed by atoms with Gasteiger partial charge in [-0.25, -0.2) is 13.6 Å². The number of fused-ring (bicyclic) bond motifs is 1. The third kappa shape index (κ3) is 7.24. The molecule has 2 aromatic rings. The van der Waals surface area contributed by atoms with Crippen LogP contribution in [0.1, 0.15) is 30.5 Å². The lowest BCUT2D eigenvalue weighted by molar-refractivity contribution is -0.192. The molecule has 2 fully saturated rings. The molecule has 2 saturated heterocycles. The zero-order chi connectivity index (χ0) is 28.0. The third-order valence-corrected chi connectivity index (χ3v) is 6.26. The van der Waals surface area contributed by atoms with E-state index < -0.39 is 29.9 Å². The monoisotopic (exact) mass is 543 g/mol. The molecule has 38 heavy (non-hydrogen) atoms. The molecule has 13 heteroatoms. The standard InChI is InChI=1S/C23H25F2N3O3.C2HF3O2/c1-27(14-16-6-2-3-11-26-16)23(30)20-9-8-18-19(31-20)10-12-28(18)21(29)13-15-5-4-7-17(24)22(15)25;3-2(4,5)1(6)7/h2-7,11,18-20H,8-10,12-14H2,1H3;(H,6,7)/t18-,19-,20+;/m1./s1. The fourth-order valence-electron chi connectivity index (χ4n) is 4.43. The highest BCUT2D eigenvalue weighted by Gasteiger charge is 2.44. The number of aliphatic carboxylic acids is 1. The van der Waals surface area contributed by atoms with Gasteiger partial charge < -0.3 is 19.6 Å². The average Bonchev–Trinajstić information content (AvgIpc) is 3.30. The van der Waals surface area contributed by atoms with Crippen LogP contribution in [0.3, 0.4) is 0 Å². The summed E-state index contributed by atoms with van der Waals surface area (Å²) in [5.41, 5.74) is 0.851. The van der Waals surface area contributed by atoms with Crippen molar-refractivity contribution in [1.82, 2.24) is 14.8 Å². The minimum absolute atomic E-state index is 0.0504. The number of halogens is 5. The normalized spacial score (nSPS) is 20.7. The minimum atomic E-state index is -5.08. The summed E-state index contributed by atoms with van der Waals surface area (Å²) < 4.78 is 65.2. The molecular weight excluding hydrogens is 517 g/mol. The van der Waals surface area contributed by atoms with Crippen LogP contribution in [0.25, 0.3) is 0 Å². The first-order chi connectivity index (χ1) is 17.9. The van der Waals surface area contributed by atoms with Crippen LogP contribution in [0.5, 0.6) is 0 Å². The van der Waals surface area contributed by atoms with Crippen LogP contribution in [0.4, 0.5) is 22.0 Å². The van der Waals surface area contributed by atoms with Gasteiger partial charge in [-0.05, 0) is 37.5 Å². The number of carboxylic acids is 1. The Morgan fingerprint density at radius 1 is 1.11 bits per heavy atom. The average molecular weight is 543 g/mol. The molecule has 8 nitrogen and oxygen atoms in total. The lowest BCUT2D eigenvalue weighted by atomic mass is 9.98. The van der Waals surface area contributed by atoms with Gasteiger partial charge in [0.1, 0.15) is 6.10 Å². The summed E-state index contributed by atoms with van der Waals surface area (Å²) in [6.07, 6.45) is -2.61. The maximum absolute atomic E-state index is 13.9. The van der Waals surface area contributed by atoms with E-state index in [0.29, 0.717) is 32.4 Å². The van der Waals surface area contributed by atoms with Crippen LogP contribution in [-0.4, -0.2) is 75.7 Å². The highest BCUT2D eigenvalue weighted by Crippen LogP contribution is 2.32.